The Labute approximate surface area is 601 Å². The summed E-state index contributed by atoms with van der Waals surface area (Å²) in [7, 11) is 0. The van der Waals surface area contributed by atoms with E-state index in [9.17, 15) is 0 Å². The Morgan fingerprint density at radius 2 is 0.510 bits per heavy atom. The average molecular weight is 1310 g/mol. The topological polar surface area (TPSA) is 0 Å². The fourth-order valence-electron chi connectivity index (χ4n) is 13.7. The summed E-state index contributed by atoms with van der Waals surface area (Å²) < 4.78 is 0. The average Bonchev–Trinajstić information content (AvgIpc) is 0.720. The minimum absolute atomic E-state index is 0.535. The Bertz CT molecular complexity index is 4840. The Morgan fingerprint density at radius 3 is 0.970 bits per heavy atom. The van der Waals surface area contributed by atoms with E-state index in [1.165, 1.54) is 142 Å². The van der Waals surface area contributed by atoms with Crippen LogP contribution in [0.4, 0.5) is 0 Å². The van der Waals surface area contributed by atoms with Crippen molar-refractivity contribution in [3.05, 3.63) is 347 Å². The molecule has 0 amide bonds. The quantitative estimate of drug-likeness (QED) is 0.0998. The van der Waals surface area contributed by atoms with Crippen LogP contribution in [-0.2, 0) is 0 Å². The lowest BCUT2D eigenvalue weighted by molar-refractivity contribution is 0.845. The van der Waals surface area contributed by atoms with Crippen LogP contribution in [-0.4, -0.2) is 0 Å². The van der Waals surface area contributed by atoms with Gasteiger partial charge in [-0.3, -0.25) is 0 Å². The van der Waals surface area contributed by atoms with Crippen molar-refractivity contribution in [1.82, 2.24) is 0 Å². The van der Waals surface area contributed by atoms with Gasteiger partial charge in [-0.15, -0.1) is 0 Å². The summed E-state index contributed by atoms with van der Waals surface area (Å²) in [5.41, 5.74) is 16.8. The van der Waals surface area contributed by atoms with Crippen molar-refractivity contribution in [3.63, 3.8) is 0 Å². The molecule has 0 saturated carbocycles. The second-order valence-corrected chi connectivity index (χ2v) is 29.7. The summed E-state index contributed by atoms with van der Waals surface area (Å²) in [6, 6.07) is 105. The van der Waals surface area contributed by atoms with Crippen LogP contribution in [0.5, 0.6) is 0 Å². The van der Waals surface area contributed by atoms with Crippen LogP contribution in [0.3, 0.4) is 0 Å². The molecule has 0 saturated heterocycles. The lowest BCUT2D eigenvalue weighted by Gasteiger charge is -2.17. The fraction of sp³-hybridized carbons (Fsp3) is 0.260. The van der Waals surface area contributed by atoms with Crippen molar-refractivity contribution in [2.75, 3.05) is 0 Å². The zero-order valence-corrected chi connectivity index (χ0v) is 63.3. The smallest absolute Gasteiger partial charge is 0.00235 e. The van der Waals surface area contributed by atoms with Crippen molar-refractivity contribution in [2.45, 2.75) is 172 Å². The highest BCUT2D eigenvalue weighted by molar-refractivity contribution is 6.33. The van der Waals surface area contributed by atoms with E-state index in [1.54, 1.807) is 0 Å². The summed E-state index contributed by atoms with van der Waals surface area (Å²) in [6.07, 6.45) is 0. The maximum Gasteiger partial charge on any atom is -0.00235 e. The Balaban J connectivity index is 0.000000139. The lowest BCUT2D eigenvalue weighted by Crippen LogP contribution is -1.92. The second kappa shape index (κ2) is 35.4. The number of fused-ring (bicyclic) bond motifs is 5. The van der Waals surface area contributed by atoms with Crippen molar-refractivity contribution in [1.29, 1.82) is 0 Å². The molecule has 0 heterocycles. The lowest BCUT2D eigenvalue weighted by atomic mass is 9.86. The first-order valence-corrected chi connectivity index (χ1v) is 36.9. The van der Waals surface area contributed by atoms with Gasteiger partial charge >= 0.3 is 0 Å². The minimum atomic E-state index is 0.535. The van der Waals surface area contributed by atoms with Crippen LogP contribution in [0, 0.1) is 13.8 Å². The van der Waals surface area contributed by atoms with E-state index in [0.29, 0.717) is 47.3 Å². The highest BCUT2D eigenvalue weighted by atomic mass is 14.2. The van der Waals surface area contributed by atoms with Gasteiger partial charge in [-0.2, -0.15) is 0 Å². The highest BCUT2D eigenvalue weighted by Crippen LogP contribution is 2.42. The molecule has 0 nitrogen and oxygen atoms in total. The van der Waals surface area contributed by atoms with Gasteiger partial charge in [0.25, 0.3) is 0 Å². The van der Waals surface area contributed by atoms with Gasteiger partial charge in [0.2, 0.25) is 0 Å². The van der Waals surface area contributed by atoms with Crippen molar-refractivity contribution in [2.24, 2.45) is 0 Å². The Morgan fingerprint density at radius 1 is 0.180 bits per heavy atom. The van der Waals surface area contributed by atoms with Crippen LogP contribution in [0.1, 0.15) is 214 Å². The molecule has 0 aliphatic rings. The molecular formula is C100H110. The molecule has 100 heavy (non-hydrogen) atoms. The second-order valence-electron chi connectivity index (χ2n) is 29.7. The predicted molar refractivity (Wildman–Crippen MR) is 446 cm³/mol. The summed E-state index contributed by atoms with van der Waals surface area (Å²) in [4.78, 5) is 0. The molecule has 15 aromatic carbocycles. The van der Waals surface area contributed by atoms with Gasteiger partial charge < -0.3 is 0 Å². The van der Waals surface area contributed by atoms with Crippen LogP contribution >= 0.6 is 0 Å². The summed E-state index contributed by atoms with van der Waals surface area (Å²) in [5.74, 6) is 4.89. The molecule has 0 unspecified atom stereocenters. The molecule has 15 aromatic rings. The Hall–Kier alpha value is -9.62. The Kier molecular flexibility index (Phi) is 26.4. The van der Waals surface area contributed by atoms with Crippen LogP contribution in [0.2, 0.25) is 0 Å². The van der Waals surface area contributed by atoms with Gasteiger partial charge in [0.15, 0.2) is 0 Å². The van der Waals surface area contributed by atoms with Gasteiger partial charge in [-0.25, -0.2) is 0 Å². The molecule has 0 N–H and O–H groups in total. The molecule has 0 atom stereocenters. The molecule has 15 rings (SSSR count). The van der Waals surface area contributed by atoms with E-state index < -0.39 is 0 Å². The number of hydrogen-bond donors (Lipinski definition) is 0. The third-order valence-electron chi connectivity index (χ3n) is 19.3. The maximum atomic E-state index is 2.33. The van der Waals surface area contributed by atoms with E-state index in [2.05, 4.69) is 404 Å². The van der Waals surface area contributed by atoms with Crippen LogP contribution < -0.4 is 0 Å². The highest BCUT2D eigenvalue weighted by Gasteiger charge is 2.16. The molecule has 0 bridgehead atoms. The third kappa shape index (κ3) is 19.0. The molecule has 0 radical (unpaired) electrons. The number of aryl methyl sites for hydroxylation is 2. The van der Waals surface area contributed by atoms with Gasteiger partial charge in [-0.05, 0) is 198 Å². The van der Waals surface area contributed by atoms with Crippen molar-refractivity contribution in [3.8, 4) is 11.1 Å². The SMILES string of the molecule is CC(C)c1c2ccccc2cc2ccccc12.CC(C)c1ccc(-c2ccccc2)cc1.CC(C)c1ccc(C(C)C)cc1.CC(C)c1ccc2c3cccc4cccc(c5cccc1c52)c43.CC(C)c1cccc2ccccc12.CC(C)c1ccccc1.Cc1cc(C)cc(C(C)C)c1. The van der Waals surface area contributed by atoms with Gasteiger partial charge in [0.05, 0.1) is 0 Å². The third-order valence-corrected chi connectivity index (χ3v) is 19.3. The minimum Gasteiger partial charge on any atom is -0.0622 e. The zero-order chi connectivity index (χ0) is 71.6. The van der Waals surface area contributed by atoms with Crippen LogP contribution in [0.15, 0.2) is 291 Å². The van der Waals surface area contributed by atoms with Gasteiger partial charge in [0, 0.05) is 0 Å². The van der Waals surface area contributed by atoms with Gasteiger partial charge in [-0.1, -0.05) is 407 Å². The van der Waals surface area contributed by atoms with Crippen molar-refractivity contribution < 1.29 is 0 Å². The number of hydrogen-bond acceptors (Lipinski definition) is 0. The molecule has 0 spiro atoms. The molecule has 0 aromatic heterocycles. The van der Waals surface area contributed by atoms with E-state index in [4.69, 9.17) is 0 Å². The summed E-state index contributed by atoms with van der Waals surface area (Å²) in [6.45, 7) is 40.1. The van der Waals surface area contributed by atoms with E-state index >= 15 is 0 Å². The van der Waals surface area contributed by atoms with E-state index in [0.717, 1.165) is 0 Å². The molecule has 510 valence electrons. The normalized spacial score (nSPS) is 11.2. The first kappa shape index (κ1) is 74.6. The standard InChI is InChI=1S/C23H18.C17H16.C15H16.C13H14.C12H18.C11H16.C9H12/c1-14(2)16-12-13-21-19-9-4-7-15-6-3-8-18(22(15)19)20-11-5-10-17(16)23(20)21;1-12(2)17-15-9-5-3-7-13(15)11-14-8-4-6-10-16(14)17;1-12(2)13-8-10-15(11-9-13)14-6-4-3-5-7-14;1-10(2)12-9-5-7-11-6-3-4-8-13(11)12;1-9(2)11-5-7-12(8-6-11)10(3)4;1-8(2)11-6-9(3)5-10(4)7-11;1-8(2)9-6-4-3-5-7-9/h3-14H,1-2H3;3-12H,1-2H3;3-12H,1-2H3;3-10H,1-2H3;5-10H,1-4H3;5-8H,1-4H3;3-8H,1-2H3. The summed E-state index contributed by atoms with van der Waals surface area (Å²) >= 11 is 0. The molecule has 0 fully saturated rings. The molecule has 0 heteroatoms. The maximum absolute atomic E-state index is 2.33. The monoisotopic (exact) mass is 1310 g/mol. The van der Waals surface area contributed by atoms with Gasteiger partial charge in [0.1, 0.15) is 0 Å². The molecule has 0 aliphatic carbocycles. The zero-order valence-electron chi connectivity index (χ0n) is 63.3. The number of rotatable bonds is 9. The number of benzene rings is 15. The fourth-order valence-corrected chi connectivity index (χ4v) is 13.7. The molecule has 0 aliphatic heterocycles. The largest absolute Gasteiger partial charge is 0.0622 e. The summed E-state index contributed by atoms with van der Waals surface area (Å²) in [5, 5.41) is 19.2. The predicted octanol–water partition coefficient (Wildman–Crippen LogP) is 30.6. The first-order chi connectivity index (χ1) is 48.1. The van der Waals surface area contributed by atoms with Crippen molar-refractivity contribution >= 4 is 75.4 Å². The molecular weight excluding hydrogens is 1200 g/mol. The first-order valence-electron chi connectivity index (χ1n) is 36.9. The van der Waals surface area contributed by atoms with E-state index in [1.807, 2.05) is 12.1 Å². The van der Waals surface area contributed by atoms with E-state index in [-0.39, 0.29) is 0 Å². The van der Waals surface area contributed by atoms with Crippen LogP contribution in [0.25, 0.3) is 86.5 Å².